The molecule has 1 amide bonds. The van der Waals surface area contributed by atoms with Crippen LogP contribution in [0.25, 0.3) is 0 Å². The molecule has 0 radical (unpaired) electrons. The van der Waals surface area contributed by atoms with Gasteiger partial charge in [-0.3, -0.25) is 14.2 Å². The van der Waals surface area contributed by atoms with Crippen molar-refractivity contribution in [2.45, 2.75) is 13.5 Å². The van der Waals surface area contributed by atoms with Gasteiger partial charge in [-0.1, -0.05) is 0 Å². The van der Waals surface area contributed by atoms with E-state index in [2.05, 4.69) is 0 Å². The Balaban J connectivity index is 3.20. The summed E-state index contributed by atoms with van der Waals surface area (Å²) in [5.74, 6) is -2.20. The van der Waals surface area contributed by atoms with E-state index >= 15 is 0 Å². The number of carboxylic acids is 1. The molecular weight excluding hydrogens is 240 g/mol. The molecular formula is C11H14N2O5. The van der Waals surface area contributed by atoms with E-state index in [1.54, 1.807) is 14.0 Å². The topological polar surface area (TPSA) is 99.8 Å². The Morgan fingerprint density at radius 3 is 2.50 bits per heavy atom. The molecule has 0 atom stereocenters. The number of carbonyl (C=O) groups is 2. The molecule has 0 aromatic carbocycles. The van der Waals surface area contributed by atoms with Crippen molar-refractivity contribution in [3.8, 4) is 5.75 Å². The standard InChI is InChI=1S/C11H14N2O5/c1-3-12(2)10(16)6-13-8(11(17)18)4-7(14)5-9(13)15/h4-5,14H,3,6H2,1-2H3,(H,17,18). The van der Waals surface area contributed by atoms with Gasteiger partial charge in [0.05, 0.1) is 0 Å². The number of rotatable bonds is 4. The first kappa shape index (κ1) is 13.8. The SMILES string of the molecule is CCN(C)C(=O)Cn1c(C(=O)O)cc(O)cc1=O. The van der Waals surface area contributed by atoms with E-state index in [0.29, 0.717) is 6.54 Å². The smallest absolute Gasteiger partial charge is 0.352 e. The van der Waals surface area contributed by atoms with Gasteiger partial charge in [0, 0.05) is 25.7 Å². The van der Waals surface area contributed by atoms with Gasteiger partial charge >= 0.3 is 5.97 Å². The summed E-state index contributed by atoms with van der Waals surface area (Å²) in [7, 11) is 1.55. The second-order valence-electron chi connectivity index (χ2n) is 3.74. The van der Waals surface area contributed by atoms with Gasteiger partial charge in [-0.25, -0.2) is 4.79 Å². The van der Waals surface area contributed by atoms with Crippen molar-refractivity contribution in [1.82, 2.24) is 9.47 Å². The van der Waals surface area contributed by atoms with E-state index in [1.165, 1.54) is 4.90 Å². The fourth-order valence-electron chi connectivity index (χ4n) is 1.36. The van der Waals surface area contributed by atoms with Gasteiger partial charge in [0.2, 0.25) is 5.91 Å². The first-order chi connectivity index (χ1) is 8.36. The highest BCUT2D eigenvalue weighted by molar-refractivity contribution is 5.87. The van der Waals surface area contributed by atoms with Crippen LogP contribution in [0.1, 0.15) is 17.4 Å². The second-order valence-corrected chi connectivity index (χ2v) is 3.74. The normalized spacial score (nSPS) is 10.1. The lowest BCUT2D eigenvalue weighted by Gasteiger charge is -2.16. The zero-order valence-corrected chi connectivity index (χ0v) is 10.1. The molecule has 0 fully saturated rings. The van der Waals surface area contributed by atoms with Gasteiger partial charge < -0.3 is 15.1 Å². The van der Waals surface area contributed by atoms with E-state index < -0.39 is 23.0 Å². The monoisotopic (exact) mass is 254 g/mol. The molecule has 0 bridgehead atoms. The Morgan fingerprint density at radius 2 is 2.00 bits per heavy atom. The van der Waals surface area contributed by atoms with Gasteiger partial charge in [-0.2, -0.15) is 0 Å². The summed E-state index contributed by atoms with van der Waals surface area (Å²) in [6, 6.07) is 1.80. The van der Waals surface area contributed by atoms with Crippen LogP contribution in [0.2, 0.25) is 0 Å². The summed E-state index contributed by atoms with van der Waals surface area (Å²) in [5, 5.41) is 18.1. The molecule has 1 aromatic heterocycles. The average Bonchev–Trinajstić information content (AvgIpc) is 2.30. The molecule has 7 heteroatoms. The fourth-order valence-corrected chi connectivity index (χ4v) is 1.36. The summed E-state index contributed by atoms with van der Waals surface area (Å²) in [5.41, 5.74) is -1.15. The number of aromatic hydroxyl groups is 1. The Kier molecular flexibility index (Phi) is 4.09. The molecule has 18 heavy (non-hydrogen) atoms. The third-order valence-corrected chi connectivity index (χ3v) is 2.53. The first-order valence-electron chi connectivity index (χ1n) is 5.28. The number of amides is 1. The maximum Gasteiger partial charge on any atom is 0.352 e. The van der Waals surface area contributed by atoms with Crippen LogP contribution in [-0.2, 0) is 11.3 Å². The molecule has 0 spiro atoms. The minimum Gasteiger partial charge on any atom is -0.508 e. The van der Waals surface area contributed by atoms with Crippen molar-refractivity contribution in [2.24, 2.45) is 0 Å². The van der Waals surface area contributed by atoms with E-state index in [9.17, 15) is 19.5 Å². The Hall–Kier alpha value is -2.31. The third kappa shape index (κ3) is 2.88. The number of aromatic nitrogens is 1. The van der Waals surface area contributed by atoms with Gasteiger partial charge in [-0.05, 0) is 6.92 Å². The maximum atomic E-state index is 11.7. The predicted molar refractivity (Wildman–Crippen MR) is 62.6 cm³/mol. The molecule has 98 valence electrons. The summed E-state index contributed by atoms with van der Waals surface area (Å²) in [6.07, 6.45) is 0. The summed E-state index contributed by atoms with van der Waals surface area (Å²) < 4.78 is 0.816. The molecule has 0 unspecified atom stereocenters. The summed E-state index contributed by atoms with van der Waals surface area (Å²) in [4.78, 5) is 35.6. The van der Waals surface area contributed by atoms with Crippen LogP contribution in [0.3, 0.4) is 0 Å². The van der Waals surface area contributed by atoms with Gasteiger partial charge in [0.25, 0.3) is 5.56 Å². The van der Waals surface area contributed by atoms with Crippen molar-refractivity contribution in [3.05, 3.63) is 28.2 Å². The molecule has 0 aliphatic carbocycles. The largest absolute Gasteiger partial charge is 0.508 e. The Bertz CT molecular complexity index is 535. The predicted octanol–water partition coefficient (Wildman–Crippen LogP) is -0.270. The second kappa shape index (κ2) is 5.35. The number of nitrogens with zero attached hydrogens (tertiary/aromatic N) is 2. The number of carboxylic acid groups (broad SMARTS) is 1. The number of aromatic carboxylic acids is 1. The molecule has 1 heterocycles. The highest BCUT2D eigenvalue weighted by atomic mass is 16.4. The highest BCUT2D eigenvalue weighted by Crippen LogP contribution is 2.08. The van der Waals surface area contributed by atoms with E-state index in [0.717, 1.165) is 16.7 Å². The van der Waals surface area contributed by atoms with E-state index in [4.69, 9.17) is 5.11 Å². The molecule has 0 aliphatic rings. The van der Waals surface area contributed by atoms with Crippen LogP contribution in [-0.4, -0.2) is 45.1 Å². The average molecular weight is 254 g/mol. The van der Waals surface area contributed by atoms with E-state index in [1.807, 2.05) is 0 Å². The summed E-state index contributed by atoms with van der Waals surface area (Å²) >= 11 is 0. The zero-order chi connectivity index (χ0) is 13.9. The highest BCUT2D eigenvalue weighted by Gasteiger charge is 2.16. The fraction of sp³-hybridized carbons (Fsp3) is 0.364. The first-order valence-corrected chi connectivity index (χ1v) is 5.28. The quantitative estimate of drug-likeness (QED) is 0.770. The molecule has 0 saturated heterocycles. The van der Waals surface area contributed by atoms with Crippen molar-refractivity contribution in [2.75, 3.05) is 13.6 Å². The van der Waals surface area contributed by atoms with Gasteiger partial charge in [0.15, 0.2) is 0 Å². The number of carbonyl (C=O) groups excluding carboxylic acids is 1. The van der Waals surface area contributed by atoms with Crippen LogP contribution >= 0.6 is 0 Å². The number of pyridine rings is 1. The van der Waals surface area contributed by atoms with Crippen LogP contribution < -0.4 is 5.56 Å². The summed E-state index contributed by atoms with van der Waals surface area (Å²) in [6.45, 7) is 1.84. The number of likely N-dealkylation sites (N-methyl/N-ethyl adjacent to an activating group) is 1. The molecule has 1 rings (SSSR count). The number of hydrogen-bond acceptors (Lipinski definition) is 4. The molecule has 0 aliphatic heterocycles. The molecule has 1 aromatic rings. The lowest BCUT2D eigenvalue weighted by Crippen LogP contribution is -2.35. The maximum absolute atomic E-state index is 11.7. The van der Waals surface area contributed by atoms with Crippen LogP contribution in [0.5, 0.6) is 5.75 Å². The Labute approximate surface area is 103 Å². The lowest BCUT2D eigenvalue weighted by atomic mass is 10.3. The minimum atomic E-state index is -1.38. The molecule has 7 nitrogen and oxygen atoms in total. The number of hydrogen-bond donors (Lipinski definition) is 2. The van der Waals surface area contributed by atoms with Gasteiger partial charge in [0.1, 0.15) is 18.0 Å². The van der Waals surface area contributed by atoms with Crippen molar-refractivity contribution >= 4 is 11.9 Å². The van der Waals surface area contributed by atoms with Crippen molar-refractivity contribution < 1.29 is 19.8 Å². The molecule has 0 saturated carbocycles. The molecule has 2 N–H and O–H groups in total. The van der Waals surface area contributed by atoms with Crippen molar-refractivity contribution in [1.29, 1.82) is 0 Å². The Morgan fingerprint density at radius 1 is 1.39 bits per heavy atom. The van der Waals surface area contributed by atoms with Gasteiger partial charge in [-0.15, -0.1) is 0 Å². The van der Waals surface area contributed by atoms with Crippen molar-refractivity contribution in [3.63, 3.8) is 0 Å². The van der Waals surface area contributed by atoms with Crippen LogP contribution in [0, 0.1) is 0 Å². The van der Waals surface area contributed by atoms with Crippen LogP contribution in [0.15, 0.2) is 16.9 Å². The lowest BCUT2D eigenvalue weighted by molar-refractivity contribution is -0.130. The third-order valence-electron chi connectivity index (χ3n) is 2.53. The zero-order valence-electron chi connectivity index (χ0n) is 10.1. The van der Waals surface area contributed by atoms with E-state index in [-0.39, 0.29) is 12.5 Å². The minimum absolute atomic E-state index is 0.370. The van der Waals surface area contributed by atoms with Crippen LogP contribution in [0.4, 0.5) is 0 Å².